The SMILES string of the molecule is CCC(C)(C(=O)N(C)C1CCCCC1C)C(N)=NO. The average molecular weight is 269 g/mol. The van der Waals surface area contributed by atoms with Crippen molar-refractivity contribution in [1.29, 1.82) is 0 Å². The molecular formula is C14H27N3O2. The lowest BCUT2D eigenvalue weighted by atomic mass is 9.81. The smallest absolute Gasteiger partial charge is 0.236 e. The summed E-state index contributed by atoms with van der Waals surface area (Å²) in [7, 11) is 1.84. The van der Waals surface area contributed by atoms with Gasteiger partial charge in [0.05, 0.1) is 0 Å². The molecular weight excluding hydrogens is 242 g/mol. The van der Waals surface area contributed by atoms with E-state index in [-0.39, 0.29) is 17.8 Å². The van der Waals surface area contributed by atoms with Crippen LogP contribution in [-0.2, 0) is 4.79 Å². The summed E-state index contributed by atoms with van der Waals surface area (Å²) in [6, 6.07) is 0.263. The second kappa shape index (κ2) is 6.26. The Morgan fingerprint density at radius 3 is 2.53 bits per heavy atom. The van der Waals surface area contributed by atoms with Crippen molar-refractivity contribution in [2.75, 3.05) is 7.05 Å². The van der Waals surface area contributed by atoms with Crippen LogP contribution in [0.2, 0.25) is 0 Å². The molecule has 19 heavy (non-hydrogen) atoms. The van der Waals surface area contributed by atoms with E-state index < -0.39 is 5.41 Å². The quantitative estimate of drug-likeness (QED) is 0.355. The summed E-state index contributed by atoms with van der Waals surface area (Å²) in [4.78, 5) is 14.5. The van der Waals surface area contributed by atoms with Crippen molar-refractivity contribution < 1.29 is 10.0 Å². The van der Waals surface area contributed by atoms with Gasteiger partial charge in [0.15, 0.2) is 5.84 Å². The van der Waals surface area contributed by atoms with E-state index in [0.717, 1.165) is 12.8 Å². The van der Waals surface area contributed by atoms with Crippen molar-refractivity contribution in [1.82, 2.24) is 4.90 Å². The first-order valence-electron chi connectivity index (χ1n) is 7.13. The van der Waals surface area contributed by atoms with E-state index in [2.05, 4.69) is 12.1 Å². The summed E-state index contributed by atoms with van der Waals surface area (Å²) in [6.07, 6.45) is 5.13. The molecule has 0 radical (unpaired) electrons. The highest BCUT2D eigenvalue weighted by atomic mass is 16.4. The molecule has 3 N–H and O–H groups in total. The van der Waals surface area contributed by atoms with Crippen molar-refractivity contribution in [2.24, 2.45) is 22.2 Å². The predicted octanol–water partition coefficient (Wildman–Crippen LogP) is 2.19. The molecule has 0 heterocycles. The van der Waals surface area contributed by atoms with Gasteiger partial charge in [0.2, 0.25) is 5.91 Å². The minimum atomic E-state index is -0.916. The minimum absolute atomic E-state index is 0.00434. The fourth-order valence-electron chi connectivity index (χ4n) is 2.96. The van der Waals surface area contributed by atoms with Gasteiger partial charge in [-0.05, 0) is 32.1 Å². The van der Waals surface area contributed by atoms with Gasteiger partial charge in [0.1, 0.15) is 5.41 Å². The molecule has 1 fully saturated rings. The Balaban J connectivity index is 2.91. The van der Waals surface area contributed by atoms with Gasteiger partial charge in [-0.25, -0.2) is 0 Å². The summed E-state index contributed by atoms with van der Waals surface area (Å²) in [6.45, 7) is 5.82. The third-order valence-corrected chi connectivity index (χ3v) is 4.74. The van der Waals surface area contributed by atoms with Gasteiger partial charge in [0.25, 0.3) is 0 Å². The number of amidine groups is 1. The standard InChI is InChI=1S/C14H27N3O2/c1-5-14(3,12(15)16-19)13(18)17(4)11-9-7-6-8-10(11)2/h10-11,19H,5-9H2,1-4H3,(H2,15,16). The lowest BCUT2D eigenvalue weighted by Crippen LogP contribution is -2.53. The molecule has 1 saturated carbocycles. The number of nitrogens with two attached hydrogens (primary N) is 1. The summed E-state index contributed by atoms with van der Waals surface area (Å²) in [5, 5.41) is 11.9. The summed E-state index contributed by atoms with van der Waals surface area (Å²) in [5.74, 6) is 0.454. The van der Waals surface area contributed by atoms with Gasteiger partial charge in [-0.3, -0.25) is 4.79 Å². The van der Waals surface area contributed by atoms with E-state index in [9.17, 15) is 4.79 Å². The van der Waals surface area contributed by atoms with Crippen molar-refractivity contribution in [2.45, 2.75) is 58.9 Å². The first-order valence-corrected chi connectivity index (χ1v) is 7.13. The topological polar surface area (TPSA) is 78.9 Å². The number of amides is 1. The molecule has 1 amide bonds. The molecule has 1 aliphatic carbocycles. The Morgan fingerprint density at radius 1 is 1.47 bits per heavy atom. The predicted molar refractivity (Wildman–Crippen MR) is 76.0 cm³/mol. The Labute approximate surface area is 115 Å². The van der Waals surface area contributed by atoms with Crippen LogP contribution in [-0.4, -0.2) is 34.9 Å². The molecule has 110 valence electrons. The van der Waals surface area contributed by atoms with E-state index >= 15 is 0 Å². The summed E-state index contributed by atoms with van der Waals surface area (Å²) in [5.41, 5.74) is 4.80. The molecule has 3 unspecified atom stereocenters. The largest absolute Gasteiger partial charge is 0.409 e. The first kappa shape index (κ1) is 15.8. The van der Waals surface area contributed by atoms with Crippen LogP contribution < -0.4 is 5.73 Å². The molecule has 5 heteroatoms. The maximum absolute atomic E-state index is 12.7. The molecule has 0 aromatic rings. The number of carbonyl (C=O) groups is 1. The van der Waals surface area contributed by atoms with E-state index in [1.54, 1.807) is 6.92 Å². The molecule has 1 aliphatic rings. The average Bonchev–Trinajstić information content (AvgIpc) is 2.44. The van der Waals surface area contributed by atoms with Crippen molar-refractivity contribution in [3.8, 4) is 0 Å². The number of rotatable bonds is 4. The van der Waals surface area contributed by atoms with Crippen LogP contribution in [0.3, 0.4) is 0 Å². The van der Waals surface area contributed by atoms with Gasteiger partial charge in [-0.15, -0.1) is 0 Å². The maximum Gasteiger partial charge on any atom is 0.236 e. The van der Waals surface area contributed by atoms with Crippen molar-refractivity contribution >= 4 is 11.7 Å². The van der Waals surface area contributed by atoms with Gasteiger partial charge in [-0.1, -0.05) is 31.8 Å². The zero-order valence-electron chi connectivity index (χ0n) is 12.5. The van der Waals surface area contributed by atoms with E-state index in [4.69, 9.17) is 10.9 Å². The van der Waals surface area contributed by atoms with E-state index in [0.29, 0.717) is 12.3 Å². The molecule has 0 aliphatic heterocycles. The summed E-state index contributed by atoms with van der Waals surface area (Å²) < 4.78 is 0. The normalized spacial score (nSPS) is 27.7. The minimum Gasteiger partial charge on any atom is -0.409 e. The van der Waals surface area contributed by atoms with Crippen LogP contribution in [0.5, 0.6) is 0 Å². The Kier molecular flexibility index (Phi) is 5.20. The van der Waals surface area contributed by atoms with E-state index in [1.165, 1.54) is 12.8 Å². The van der Waals surface area contributed by atoms with Gasteiger partial charge in [0, 0.05) is 13.1 Å². The lowest BCUT2D eigenvalue weighted by Gasteiger charge is -2.40. The van der Waals surface area contributed by atoms with Gasteiger partial charge >= 0.3 is 0 Å². The highest BCUT2D eigenvalue weighted by Crippen LogP contribution is 2.31. The van der Waals surface area contributed by atoms with Crippen LogP contribution in [0.25, 0.3) is 0 Å². The number of oxime groups is 1. The molecule has 3 atom stereocenters. The number of nitrogens with zero attached hydrogens (tertiary/aromatic N) is 2. The molecule has 0 spiro atoms. The molecule has 0 aromatic carbocycles. The Hall–Kier alpha value is -1.26. The second-order valence-electron chi connectivity index (χ2n) is 5.92. The third kappa shape index (κ3) is 3.01. The zero-order chi connectivity index (χ0) is 14.6. The molecule has 5 nitrogen and oxygen atoms in total. The fraction of sp³-hybridized carbons (Fsp3) is 0.857. The van der Waals surface area contributed by atoms with Crippen LogP contribution in [0.1, 0.15) is 52.9 Å². The fourth-order valence-corrected chi connectivity index (χ4v) is 2.96. The highest BCUT2D eigenvalue weighted by molar-refractivity contribution is 6.06. The molecule has 1 rings (SSSR count). The second-order valence-corrected chi connectivity index (χ2v) is 5.92. The monoisotopic (exact) mass is 269 g/mol. The number of hydrogen-bond acceptors (Lipinski definition) is 3. The molecule has 0 bridgehead atoms. The van der Waals surface area contributed by atoms with Crippen LogP contribution in [0.4, 0.5) is 0 Å². The van der Waals surface area contributed by atoms with Crippen LogP contribution >= 0.6 is 0 Å². The Morgan fingerprint density at radius 2 is 2.05 bits per heavy atom. The molecule has 0 aromatic heterocycles. The van der Waals surface area contributed by atoms with Crippen LogP contribution in [0.15, 0.2) is 5.16 Å². The number of carbonyl (C=O) groups excluding carboxylic acids is 1. The summed E-state index contributed by atoms with van der Waals surface area (Å²) >= 11 is 0. The van der Waals surface area contributed by atoms with Gasteiger partial charge < -0.3 is 15.8 Å². The maximum atomic E-state index is 12.7. The first-order chi connectivity index (χ1) is 8.88. The lowest BCUT2D eigenvalue weighted by molar-refractivity contribution is -0.140. The van der Waals surface area contributed by atoms with Gasteiger partial charge in [-0.2, -0.15) is 0 Å². The highest BCUT2D eigenvalue weighted by Gasteiger charge is 2.41. The zero-order valence-corrected chi connectivity index (χ0v) is 12.5. The van der Waals surface area contributed by atoms with Crippen LogP contribution in [0, 0.1) is 11.3 Å². The van der Waals surface area contributed by atoms with E-state index in [1.807, 2.05) is 18.9 Å². The Bertz CT molecular complexity index is 357. The molecule has 0 saturated heterocycles. The third-order valence-electron chi connectivity index (χ3n) is 4.74. The number of hydrogen-bond donors (Lipinski definition) is 2. The van der Waals surface area contributed by atoms with Crippen molar-refractivity contribution in [3.05, 3.63) is 0 Å². The van der Waals surface area contributed by atoms with Crippen molar-refractivity contribution in [3.63, 3.8) is 0 Å².